The van der Waals surface area contributed by atoms with E-state index in [1.54, 1.807) is 6.20 Å². The Balaban J connectivity index is -0.000000789. The normalized spacial score (nSPS) is 15.1. The van der Waals surface area contributed by atoms with E-state index in [0.717, 1.165) is 63.2 Å². The second-order valence-electron chi connectivity index (χ2n) is 9.07. The Morgan fingerprint density at radius 3 is 2.34 bits per heavy atom. The van der Waals surface area contributed by atoms with Gasteiger partial charge in [-0.25, -0.2) is 4.99 Å². The molecule has 0 radical (unpaired) electrons. The zero-order valence-electron chi connectivity index (χ0n) is 26.3. The molecule has 0 spiro atoms. The highest BCUT2D eigenvalue weighted by Crippen LogP contribution is 2.13. The molecule has 0 saturated carbocycles. The van der Waals surface area contributed by atoms with Gasteiger partial charge in [-0.15, -0.1) is 0 Å². The lowest BCUT2D eigenvalue weighted by molar-refractivity contribution is -0.130. The number of nitrogens with zero attached hydrogens (tertiary/aromatic N) is 3. The molecule has 1 aliphatic heterocycles. The van der Waals surface area contributed by atoms with Crippen LogP contribution in [0.5, 0.6) is 0 Å². The van der Waals surface area contributed by atoms with Crippen LogP contribution < -0.4 is 11.1 Å². The highest BCUT2D eigenvalue weighted by atomic mass is 35.5. The van der Waals surface area contributed by atoms with Gasteiger partial charge in [-0.3, -0.25) is 9.79 Å². The fourth-order valence-electron chi connectivity index (χ4n) is 3.88. The number of amides is 1. The van der Waals surface area contributed by atoms with Gasteiger partial charge in [0.2, 0.25) is 5.91 Å². The third-order valence-electron chi connectivity index (χ3n) is 5.93. The molecule has 0 bridgehead atoms. The number of halogens is 1. The number of hydrogen-bond donors (Lipinski definition) is 2. The van der Waals surface area contributed by atoms with E-state index in [9.17, 15) is 4.79 Å². The van der Waals surface area contributed by atoms with Crippen molar-refractivity contribution in [3.63, 3.8) is 0 Å². The molecule has 7 heteroatoms. The molecule has 224 valence electrons. The van der Waals surface area contributed by atoms with Crippen LogP contribution in [0.1, 0.15) is 126 Å². The van der Waals surface area contributed by atoms with Crippen molar-refractivity contribution in [1.82, 2.24) is 10.2 Å². The molecule has 1 amide bonds. The van der Waals surface area contributed by atoms with Gasteiger partial charge in [0.15, 0.2) is 5.84 Å². The van der Waals surface area contributed by atoms with E-state index < -0.39 is 0 Å². The fourth-order valence-corrected chi connectivity index (χ4v) is 4.06. The Kier molecular flexibility index (Phi) is 33.9. The number of amidine groups is 1. The van der Waals surface area contributed by atoms with E-state index in [-0.39, 0.29) is 5.91 Å². The van der Waals surface area contributed by atoms with E-state index >= 15 is 0 Å². The van der Waals surface area contributed by atoms with Crippen molar-refractivity contribution in [2.45, 2.75) is 126 Å². The van der Waals surface area contributed by atoms with Crippen LogP contribution in [-0.2, 0) is 4.79 Å². The summed E-state index contributed by atoms with van der Waals surface area (Å²) in [7, 11) is 1.50. The van der Waals surface area contributed by atoms with Gasteiger partial charge in [0, 0.05) is 38.0 Å². The van der Waals surface area contributed by atoms with E-state index in [4.69, 9.17) is 11.6 Å². The first-order chi connectivity index (χ1) is 18.4. The van der Waals surface area contributed by atoms with Gasteiger partial charge in [-0.1, -0.05) is 105 Å². The maximum absolute atomic E-state index is 12.0. The maximum atomic E-state index is 12.0. The Hall–Kier alpha value is -1.66. The number of carbonyl (C=O) groups is 1. The lowest BCUT2D eigenvalue weighted by Gasteiger charge is -2.19. The topological polar surface area (TPSA) is 83.1 Å². The van der Waals surface area contributed by atoms with Crippen LogP contribution in [0.3, 0.4) is 0 Å². The highest BCUT2D eigenvalue weighted by Gasteiger charge is 2.15. The molecule has 38 heavy (non-hydrogen) atoms. The Morgan fingerprint density at radius 2 is 1.79 bits per heavy atom. The van der Waals surface area contributed by atoms with Gasteiger partial charge in [0.05, 0.1) is 0 Å². The zero-order chi connectivity index (χ0) is 29.6. The average Bonchev–Trinajstić information content (AvgIpc) is 3.16. The number of aliphatic imine (C=N–C) groups is 2. The van der Waals surface area contributed by atoms with Crippen LogP contribution in [-0.4, -0.2) is 50.0 Å². The molecule has 1 fully saturated rings. The summed E-state index contributed by atoms with van der Waals surface area (Å²) in [5.41, 5.74) is 5.61. The van der Waals surface area contributed by atoms with E-state index in [0.29, 0.717) is 23.8 Å². The van der Waals surface area contributed by atoms with Crippen LogP contribution >= 0.6 is 11.6 Å². The third kappa shape index (κ3) is 23.5. The number of unbranched alkanes of at least 4 members (excludes halogenated alkanes) is 1. The second kappa shape index (κ2) is 31.6. The molecule has 1 saturated heterocycles. The third-order valence-corrected chi connectivity index (χ3v) is 6.21. The number of hydrogen-bond acceptors (Lipinski definition) is 4. The van der Waals surface area contributed by atoms with Gasteiger partial charge < -0.3 is 16.0 Å². The van der Waals surface area contributed by atoms with Gasteiger partial charge in [-0.2, -0.15) is 0 Å². The van der Waals surface area contributed by atoms with Crippen molar-refractivity contribution in [3.05, 3.63) is 23.0 Å². The average molecular weight is 556 g/mol. The minimum Gasteiger partial charge on any atom is -0.364 e. The summed E-state index contributed by atoms with van der Waals surface area (Å²) in [4.78, 5) is 22.2. The standard InChI is InChI=1S/C19H31ClN4O.C9H20.C2H6.CH5N/c1-4-10-16(5-2)23-15-17(20)19(21-3)22-12-9-14-24-13-8-6-7-11-18(24)25;1-4-6-8-9(3)7-5-2;2*1-2/h10,15,23H,3-9,11-14H2,1-2H3;9H,4-8H2,1-3H3;1-2H3;2H2,1H3/b16-10+,17-15+,22-19?;;;. The zero-order valence-corrected chi connectivity index (χ0v) is 27.0. The Morgan fingerprint density at radius 1 is 1.11 bits per heavy atom. The van der Waals surface area contributed by atoms with Gasteiger partial charge in [0.25, 0.3) is 0 Å². The molecule has 3 N–H and O–H groups in total. The molecular formula is C31H62ClN5O. The molecule has 1 atom stereocenters. The Labute approximate surface area is 241 Å². The summed E-state index contributed by atoms with van der Waals surface area (Å²) in [5, 5.41) is 3.63. The molecule has 0 aromatic rings. The van der Waals surface area contributed by atoms with Crippen LogP contribution in [0.4, 0.5) is 0 Å². The number of rotatable bonds is 14. The van der Waals surface area contributed by atoms with Crippen LogP contribution in [0, 0.1) is 5.92 Å². The van der Waals surface area contributed by atoms with Crippen LogP contribution in [0.2, 0.25) is 0 Å². The van der Waals surface area contributed by atoms with Crippen molar-refractivity contribution >= 4 is 30.1 Å². The highest BCUT2D eigenvalue weighted by molar-refractivity contribution is 6.43. The molecule has 0 aliphatic carbocycles. The van der Waals surface area contributed by atoms with E-state index in [2.05, 4.69) is 68.4 Å². The first kappa shape index (κ1) is 40.8. The molecule has 1 heterocycles. The maximum Gasteiger partial charge on any atom is 0.222 e. The number of allylic oxidation sites excluding steroid dienone is 2. The molecular weight excluding hydrogens is 494 g/mol. The lowest BCUT2D eigenvalue weighted by Crippen LogP contribution is -2.31. The van der Waals surface area contributed by atoms with E-state index in [1.165, 1.54) is 39.2 Å². The van der Waals surface area contributed by atoms with Crippen LogP contribution in [0.15, 0.2) is 33.0 Å². The number of carbonyl (C=O) groups excluding carboxylic acids is 1. The van der Waals surface area contributed by atoms with Crippen molar-refractivity contribution in [3.8, 4) is 0 Å². The molecule has 6 nitrogen and oxygen atoms in total. The minimum atomic E-state index is 0.264. The van der Waals surface area contributed by atoms with Gasteiger partial charge in [0.1, 0.15) is 5.03 Å². The quantitative estimate of drug-likeness (QED) is 0.128. The number of nitrogens with two attached hydrogens (primary N) is 1. The largest absolute Gasteiger partial charge is 0.364 e. The summed E-state index contributed by atoms with van der Waals surface area (Å²) in [6.45, 7) is 20.8. The lowest BCUT2D eigenvalue weighted by atomic mass is 10.00. The first-order valence-electron chi connectivity index (χ1n) is 15.1. The van der Waals surface area contributed by atoms with Gasteiger partial charge >= 0.3 is 0 Å². The number of nitrogens with one attached hydrogen (secondary N) is 1. The summed E-state index contributed by atoms with van der Waals surface area (Å²) in [6.07, 6.45) is 17.4. The molecule has 1 rings (SSSR count). The Bertz CT molecular complexity index is 646. The fraction of sp³-hybridized carbons (Fsp3) is 0.774. The summed E-state index contributed by atoms with van der Waals surface area (Å²) < 4.78 is 0. The predicted molar refractivity (Wildman–Crippen MR) is 172 cm³/mol. The van der Waals surface area contributed by atoms with Crippen LogP contribution in [0.25, 0.3) is 0 Å². The van der Waals surface area contributed by atoms with Crippen molar-refractivity contribution in [1.29, 1.82) is 0 Å². The summed E-state index contributed by atoms with van der Waals surface area (Å²) >= 11 is 6.26. The van der Waals surface area contributed by atoms with Gasteiger partial charge in [-0.05, 0) is 51.8 Å². The SMILES string of the molecule is C=NC(=NCCCN1CCCCCC1=O)/C(Cl)=C\N/C(=C/CC)CC.CC.CCCCC(C)CCC.CN. The van der Waals surface area contributed by atoms with Crippen molar-refractivity contribution in [2.24, 2.45) is 21.6 Å². The van der Waals surface area contributed by atoms with E-state index in [1.807, 2.05) is 18.7 Å². The monoisotopic (exact) mass is 555 g/mol. The molecule has 1 aliphatic rings. The smallest absolute Gasteiger partial charge is 0.222 e. The predicted octanol–water partition coefficient (Wildman–Crippen LogP) is 8.47. The second-order valence-corrected chi connectivity index (χ2v) is 9.48. The number of likely N-dealkylation sites (tertiary alicyclic amines) is 1. The summed E-state index contributed by atoms with van der Waals surface area (Å²) in [6, 6.07) is 0. The summed E-state index contributed by atoms with van der Waals surface area (Å²) in [5.74, 6) is 1.67. The van der Waals surface area contributed by atoms with Crippen molar-refractivity contribution in [2.75, 3.05) is 26.7 Å². The van der Waals surface area contributed by atoms with Crippen molar-refractivity contribution < 1.29 is 4.79 Å². The first-order valence-corrected chi connectivity index (χ1v) is 15.5. The molecule has 0 aromatic heterocycles. The minimum absolute atomic E-state index is 0.264. The molecule has 0 aromatic carbocycles. The molecule has 1 unspecified atom stereocenters.